The normalized spacial score (nSPS) is 10.0. The van der Waals surface area contributed by atoms with Gasteiger partial charge >= 0.3 is 0 Å². The van der Waals surface area contributed by atoms with Gasteiger partial charge in [-0.05, 0) is 42.0 Å². The summed E-state index contributed by atoms with van der Waals surface area (Å²) in [6.07, 6.45) is 0.307. The maximum atomic E-state index is 11.9. The van der Waals surface area contributed by atoms with E-state index in [4.69, 9.17) is 0 Å². The molecule has 4 nitrogen and oxygen atoms in total. The first-order chi connectivity index (χ1) is 10.0. The van der Waals surface area contributed by atoms with Gasteiger partial charge in [0.2, 0.25) is 11.8 Å². The fraction of sp³-hybridized carbons (Fsp3) is 0.125. The Bertz CT molecular complexity index is 636. The molecule has 0 unspecified atom stereocenters. The van der Waals surface area contributed by atoms with Crippen LogP contribution in [0.4, 0.5) is 11.4 Å². The second-order valence-electron chi connectivity index (χ2n) is 4.65. The molecule has 2 N–H and O–H groups in total. The average molecular weight is 300 g/mol. The van der Waals surface area contributed by atoms with E-state index in [1.807, 2.05) is 24.3 Å². The molecule has 108 valence electrons. The van der Waals surface area contributed by atoms with Crippen molar-refractivity contribution in [1.82, 2.24) is 0 Å². The summed E-state index contributed by atoms with van der Waals surface area (Å²) >= 11 is 4.21. The topological polar surface area (TPSA) is 58.2 Å². The quantitative estimate of drug-likeness (QED) is 0.760. The van der Waals surface area contributed by atoms with E-state index in [-0.39, 0.29) is 11.8 Å². The number of nitrogens with one attached hydrogen (secondary N) is 2. The van der Waals surface area contributed by atoms with Crippen LogP contribution in [0.25, 0.3) is 0 Å². The highest BCUT2D eigenvalue weighted by molar-refractivity contribution is 7.80. The molecule has 0 aliphatic rings. The number of thiol groups is 1. The van der Waals surface area contributed by atoms with Gasteiger partial charge in [0.05, 0.1) is 6.42 Å². The minimum Gasteiger partial charge on any atom is -0.326 e. The van der Waals surface area contributed by atoms with Crippen molar-refractivity contribution in [2.24, 2.45) is 0 Å². The Kier molecular flexibility index (Phi) is 5.00. The maximum absolute atomic E-state index is 11.9. The van der Waals surface area contributed by atoms with Crippen molar-refractivity contribution in [3.05, 3.63) is 54.1 Å². The van der Waals surface area contributed by atoms with E-state index in [2.05, 4.69) is 23.3 Å². The minimum atomic E-state index is -0.126. The van der Waals surface area contributed by atoms with Gasteiger partial charge in [0, 0.05) is 23.2 Å². The molecule has 2 rings (SSSR count). The Morgan fingerprint density at radius 3 is 1.95 bits per heavy atom. The van der Waals surface area contributed by atoms with Crippen LogP contribution in [0.5, 0.6) is 0 Å². The van der Waals surface area contributed by atoms with E-state index in [1.165, 1.54) is 6.92 Å². The molecule has 0 radical (unpaired) electrons. The van der Waals surface area contributed by atoms with Crippen LogP contribution < -0.4 is 10.6 Å². The van der Waals surface area contributed by atoms with Crippen LogP contribution in [-0.2, 0) is 16.0 Å². The predicted molar refractivity (Wildman–Crippen MR) is 86.8 cm³/mol. The van der Waals surface area contributed by atoms with Crippen LogP contribution >= 0.6 is 12.6 Å². The van der Waals surface area contributed by atoms with Crippen molar-refractivity contribution < 1.29 is 9.59 Å². The van der Waals surface area contributed by atoms with Crippen LogP contribution in [0.15, 0.2) is 53.4 Å². The fourth-order valence-corrected chi connectivity index (χ4v) is 1.99. The second-order valence-corrected chi connectivity index (χ2v) is 5.17. The monoisotopic (exact) mass is 300 g/mol. The molecule has 0 fully saturated rings. The van der Waals surface area contributed by atoms with Gasteiger partial charge in [-0.1, -0.05) is 12.1 Å². The molecule has 2 aromatic rings. The molecule has 0 atom stereocenters. The third kappa shape index (κ3) is 4.96. The lowest BCUT2D eigenvalue weighted by Gasteiger charge is -2.07. The average Bonchev–Trinajstić information content (AvgIpc) is 2.43. The molecule has 21 heavy (non-hydrogen) atoms. The molecule has 0 saturated heterocycles. The predicted octanol–water partition coefficient (Wildman–Crippen LogP) is 3.11. The molecule has 5 heteroatoms. The maximum Gasteiger partial charge on any atom is 0.228 e. The summed E-state index contributed by atoms with van der Waals surface area (Å²) < 4.78 is 0. The molecular weight excluding hydrogens is 284 g/mol. The lowest BCUT2D eigenvalue weighted by Crippen LogP contribution is -2.14. The van der Waals surface area contributed by atoms with Crippen LogP contribution in [0.2, 0.25) is 0 Å². The van der Waals surface area contributed by atoms with Crippen molar-refractivity contribution in [2.75, 3.05) is 10.6 Å². The molecule has 2 amide bonds. The van der Waals surface area contributed by atoms with Crippen LogP contribution in [0, 0.1) is 0 Å². The number of rotatable bonds is 4. The van der Waals surface area contributed by atoms with Gasteiger partial charge in [-0.2, -0.15) is 0 Å². The van der Waals surface area contributed by atoms with E-state index in [9.17, 15) is 9.59 Å². The zero-order valence-corrected chi connectivity index (χ0v) is 12.5. The highest BCUT2D eigenvalue weighted by Crippen LogP contribution is 2.14. The molecule has 0 spiro atoms. The molecular formula is C16H16N2O2S. The SMILES string of the molecule is CC(=O)Nc1ccc(NC(=O)Cc2ccc(S)cc2)cc1. The standard InChI is InChI=1S/C16H16N2O2S/c1-11(19)17-13-4-6-14(7-5-13)18-16(20)10-12-2-8-15(21)9-3-12/h2-9,21H,10H2,1H3,(H,17,19)(H,18,20). The van der Waals surface area contributed by atoms with E-state index in [0.717, 1.165) is 10.5 Å². The summed E-state index contributed by atoms with van der Waals surface area (Å²) in [5.41, 5.74) is 2.32. The summed E-state index contributed by atoms with van der Waals surface area (Å²) in [5.74, 6) is -0.214. The highest BCUT2D eigenvalue weighted by atomic mass is 32.1. The number of carbonyl (C=O) groups is 2. The fourth-order valence-electron chi connectivity index (χ4n) is 1.84. The summed E-state index contributed by atoms with van der Waals surface area (Å²) in [6, 6.07) is 14.4. The lowest BCUT2D eigenvalue weighted by atomic mass is 10.1. The molecule has 0 aliphatic carbocycles. The summed E-state index contributed by atoms with van der Waals surface area (Å²) in [4.78, 5) is 23.7. The highest BCUT2D eigenvalue weighted by Gasteiger charge is 2.04. The molecule has 0 heterocycles. The number of carbonyl (C=O) groups excluding carboxylic acids is 2. The first-order valence-corrected chi connectivity index (χ1v) is 6.93. The van der Waals surface area contributed by atoms with Gasteiger partial charge < -0.3 is 10.6 Å². The van der Waals surface area contributed by atoms with Gasteiger partial charge in [-0.15, -0.1) is 12.6 Å². The Hall–Kier alpha value is -2.27. The van der Waals surface area contributed by atoms with Crippen molar-refractivity contribution in [2.45, 2.75) is 18.2 Å². The zero-order valence-electron chi connectivity index (χ0n) is 11.6. The van der Waals surface area contributed by atoms with E-state index in [0.29, 0.717) is 17.8 Å². The third-order valence-electron chi connectivity index (χ3n) is 2.79. The zero-order chi connectivity index (χ0) is 15.2. The number of amides is 2. The van der Waals surface area contributed by atoms with Crippen molar-refractivity contribution in [3.8, 4) is 0 Å². The van der Waals surface area contributed by atoms with Crippen molar-refractivity contribution in [1.29, 1.82) is 0 Å². The first-order valence-electron chi connectivity index (χ1n) is 6.48. The summed E-state index contributed by atoms with van der Waals surface area (Å²) in [6.45, 7) is 1.45. The van der Waals surface area contributed by atoms with E-state index < -0.39 is 0 Å². The summed E-state index contributed by atoms with van der Waals surface area (Å²) in [5, 5.41) is 5.49. The van der Waals surface area contributed by atoms with Gasteiger partial charge in [0.1, 0.15) is 0 Å². The van der Waals surface area contributed by atoms with Crippen LogP contribution in [-0.4, -0.2) is 11.8 Å². The van der Waals surface area contributed by atoms with E-state index >= 15 is 0 Å². The molecule has 0 aromatic heterocycles. The minimum absolute atomic E-state index is 0.0887. The lowest BCUT2D eigenvalue weighted by molar-refractivity contribution is -0.116. The summed E-state index contributed by atoms with van der Waals surface area (Å²) in [7, 11) is 0. The largest absolute Gasteiger partial charge is 0.326 e. The number of anilines is 2. The smallest absolute Gasteiger partial charge is 0.228 e. The van der Waals surface area contributed by atoms with Gasteiger partial charge in [-0.25, -0.2) is 0 Å². The first kappa shape index (κ1) is 15.1. The number of benzene rings is 2. The number of hydrogen-bond acceptors (Lipinski definition) is 3. The molecule has 0 bridgehead atoms. The third-order valence-corrected chi connectivity index (χ3v) is 3.09. The Balaban J connectivity index is 1.93. The van der Waals surface area contributed by atoms with E-state index in [1.54, 1.807) is 24.3 Å². The Morgan fingerprint density at radius 1 is 0.905 bits per heavy atom. The second kappa shape index (κ2) is 6.95. The van der Waals surface area contributed by atoms with Gasteiger partial charge in [-0.3, -0.25) is 9.59 Å². The molecule has 2 aromatic carbocycles. The number of hydrogen-bond donors (Lipinski definition) is 3. The van der Waals surface area contributed by atoms with Gasteiger partial charge in [0.15, 0.2) is 0 Å². The Labute approximate surface area is 129 Å². The molecule has 0 saturated carbocycles. The van der Waals surface area contributed by atoms with Gasteiger partial charge in [0.25, 0.3) is 0 Å². The van der Waals surface area contributed by atoms with Crippen LogP contribution in [0.1, 0.15) is 12.5 Å². The van der Waals surface area contributed by atoms with Crippen molar-refractivity contribution >= 4 is 35.8 Å². The Morgan fingerprint density at radius 2 is 1.43 bits per heavy atom. The van der Waals surface area contributed by atoms with Crippen LogP contribution in [0.3, 0.4) is 0 Å². The van der Waals surface area contributed by atoms with Crippen molar-refractivity contribution in [3.63, 3.8) is 0 Å². The molecule has 0 aliphatic heterocycles.